The number of anilines is 1. The van der Waals surface area contributed by atoms with Gasteiger partial charge >= 0.3 is 0 Å². The van der Waals surface area contributed by atoms with E-state index in [4.69, 9.17) is 0 Å². The van der Waals surface area contributed by atoms with Gasteiger partial charge in [-0.05, 0) is 35.9 Å². The van der Waals surface area contributed by atoms with E-state index in [-0.39, 0.29) is 17.0 Å². The Morgan fingerprint density at radius 3 is 2.53 bits per heavy atom. The molecule has 30 heavy (non-hydrogen) atoms. The summed E-state index contributed by atoms with van der Waals surface area (Å²) in [4.78, 5) is 36.3. The molecule has 1 heterocycles. The number of hydrogen-bond acceptors (Lipinski definition) is 6. The Morgan fingerprint density at radius 1 is 1.07 bits per heavy atom. The third kappa shape index (κ3) is 3.51. The number of para-hydroxylation sites is 1. The first-order chi connectivity index (χ1) is 14.4. The van der Waals surface area contributed by atoms with Gasteiger partial charge in [0.25, 0.3) is 17.5 Å². The smallest absolute Gasteiger partial charge is 0.276 e. The van der Waals surface area contributed by atoms with Crippen LogP contribution in [-0.4, -0.2) is 26.9 Å². The molecule has 3 N–H and O–H groups in total. The fourth-order valence-corrected chi connectivity index (χ4v) is 3.19. The van der Waals surface area contributed by atoms with Crippen LogP contribution >= 0.6 is 0 Å². The van der Waals surface area contributed by atoms with E-state index in [0.717, 1.165) is 11.1 Å². The Morgan fingerprint density at radius 2 is 1.80 bits per heavy atom. The number of amides is 2. The van der Waals surface area contributed by atoms with E-state index >= 15 is 0 Å². The maximum atomic E-state index is 13.1. The second-order valence-electron chi connectivity index (χ2n) is 6.61. The van der Waals surface area contributed by atoms with Crippen LogP contribution in [0.1, 0.15) is 32.4 Å². The molecule has 4 rings (SSSR count). The molecule has 9 nitrogen and oxygen atoms in total. The lowest BCUT2D eigenvalue weighted by molar-refractivity contribution is -0.384. The van der Waals surface area contributed by atoms with Crippen molar-refractivity contribution < 1.29 is 19.6 Å². The molecule has 0 saturated heterocycles. The minimum atomic E-state index is -0.754. The van der Waals surface area contributed by atoms with E-state index in [0.29, 0.717) is 16.8 Å². The average Bonchev–Trinajstić information content (AvgIpc) is 2.76. The molecule has 150 valence electrons. The van der Waals surface area contributed by atoms with Crippen molar-refractivity contribution in [1.82, 2.24) is 10.4 Å². The molecule has 0 aromatic heterocycles. The standard InChI is InChI=1S/C21H16N4O5/c26-16-10-8-13(9-11-16)19-22-18-7-2-1-6-17(18)21(28)24(19)23-20(27)14-4-3-5-15(12-14)25(29)30/h1-12,19,22,26H,(H,23,27). The lowest BCUT2D eigenvalue weighted by Gasteiger charge is -2.37. The number of phenolic OH excluding ortho intramolecular Hbond substituents is 1. The first-order valence-corrected chi connectivity index (χ1v) is 8.97. The zero-order valence-corrected chi connectivity index (χ0v) is 15.5. The zero-order chi connectivity index (χ0) is 21.3. The van der Waals surface area contributed by atoms with E-state index in [2.05, 4.69) is 10.7 Å². The van der Waals surface area contributed by atoms with Crippen LogP contribution in [0.25, 0.3) is 0 Å². The first-order valence-electron chi connectivity index (χ1n) is 8.97. The number of nitro benzene ring substituents is 1. The maximum absolute atomic E-state index is 13.1. The van der Waals surface area contributed by atoms with Gasteiger partial charge in [-0.1, -0.05) is 30.3 Å². The number of nitrogens with one attached hydrogen (secondary N) is 2. The largest absolute Gasteiger partial charge is 0.508 e. The predicted octanol–water partition coefficient (Wildman–Crippen LogP) is 3.21. The summed E-state index contributed by atoms with van der Waals surface area (Å²) in [5, 5.41) is 24.9. The van der Waals surface area contributed by atoms with Gasteiger partial charge in [-0.2, -0.15) is 0 Å². The topological polar surface area (TPSA) is 125 Å². The van der Waals surface area contributed by atoms with Crippen molar-refractivity contribution in [2.24, 2.45) is 0 Å². The highest BCUT2D eigenvalue weighted by Crippen LogP contribution is 2.32. The van der Waals surface area contributed by atoms with Gasteiger partial charge in [-0.15, -0.1) is 0 Å². The molecule has 3 aromatic carbocycles. The zero-order valence-electron chi connectivity index (χ0n) is 15.5. The van der Waals surface area contributed by atoms with Crippen LogP contribution in [0.15, 0.2) is 72.8 Å². The van der Waals surface area contributed by atoms with Crippen molar-refractivity contribution in [3.8, 4) is 5.75 Å². The van der Waals surface area contributed by atoms with Crippen LogP contribution in [0.4, 0.5) is 11.4 Å². The van der Waals surface area contributed by atoms with Crippen molar-refractivity contribution in [1.29, 1.82) is 0 Å². The Balaban J connectivity index is 1.70. The van der Waals surface area contributed by atoms with Crippen molar-refractivity contribution in [3.63, 3.8) is 0 Å². The number of non-ortho nitro benzene ring substituents is 1. The highest BCUT2D eigenvalue weighted by Gasteiger charge is 2.34. The summed E-state index contributed by atoms with van der Waals surface area (Å²) >= 11 is 0. The number of aromatic hydroxyl groups is 1. The van der Waals surface area contributed by atoms with Crippen LogP contribution in [0.3, 0.4) is 0 Å². The number of nitrogens with zero attached hydrogens (tertiary/aromatic N) is 2. The summed E-state index contributed by atoms with van der Waals surface area (Å²) in [5.74, 6) is -1.05. The van der Waals surface area contributed by atoms with Crippen LogP contribution < -0.4 is 10.7 Å². The fraction of sp³-hybridized carbons (Fsp3) is 0.0476. The molecule has 2 amide bonds. The minimum absolute atomic E-state index is 0.0420. The summed E-state index contributed by atoms with van der Waals surface area (Å²) in [6, 6.07) is 18.3. The predicted molar refractivity (Wildman–Crippen MR) is 108 cm³/mol. The van der Waals surface area contributed by atoms with Gasteiger partial charge in [0.15, 0.2) is 0 Å². The van der Waals surface area contributed by atoms with E-state index in [1.165, 1.54) is 30.3 Å². The second kappa shape index (κ2) is 7.55. The summed E-state index contributed by atoms with van der Waals surface area (Å²) in [7, 11) is 0. The maximum Gasteiger partial charge on any atom is 0.276 e. The molecule has 0 aliphatic carbocycles. The van der Waals surface area contributed by atoms with Crippen LogP contribution in [0, 0.1) is 10.1 Å². The number of rotatable bonds is 4. The van der Waals surface area contributed by atoms with Gasteiger partial charge in [0, 0.05) is 23.4 Å². The number of carbonyl (C=O) groups is 2. The normalized spacial score (nSPS) is 15.1. The number of benzene rings is 3. The Hall–Kier alpha value is -4.40. The Labute approximate surface area is 170 Å². The lowest BCUT2D eigenvalue weighted by Crippen LogP contribution is -2.52. The third-order valence-corrected chi connectivity index (χ3v) is 4.68. The molecule has 0 bridgehead atoms. The second-order valence-corrected chi connectivity index (χ2v) is 6.61. The van der Waals surface area contributed by atoms with Gasteiger partial charge < -0.3 is 10.4 Å². The average molecular weight is 404 g/mol. The van der Waals surface area contributed by atoms with Gasteiger partial charge in [0.05, 0.1) is 10.5 Å². The molecule has 1 aliphatic rings. The molecule has 0 saturated carbocycles. The van der Waals surface area contributed by atoms with Crippen LogP contribution in [-0.2, 0) is 0 Å². The van der Waals surface area contributed by atoms with Gasteiger partial charge in [0.2, 0.25) is 0 Å². The van der Waals surface area contributed by atoms with Crippen LogP contribution in [0.2, 0.25) is 0 Å². The van der Waals surface area contributed by atoms with Gasteiger partial charge in [-0.3, -0.25) is 25.1 Å². The first kappa shape index (κ1) is 18.9. The molecule has 3 aromatic rings. The highest BCUT2D eigenvalue weighted by atomic mass is 16.6. The van der Waals surface area contributed by atoms with E-state index in [1.54, 1.807) is 36.4 Å². The minimum Gasteiger partial charge on any atom is -0.508 e. The Bertz CT molecular complexity index is 1150. The molecule has 1 unspecified atom stereocenters. The number of carbonyl (C=O) groups excluding carboxylic acids is 2. The number of hydrogen-bond donors (Lipinski definition) is 3. The molecule has 1 aliphatic heterocycles. The summed E-state index contributed by atoms with van der Waals surface area (Å²) in [6.45, 7) is 0. The molecule has 0 fully saturated rings. The highest BCUT2D eigenvalue weighted by molar-refractivity contribution is 6.04. The van der Waals surface area contributed by atoms with Crippen molar-refractivity contribution in [3.05, 3.63) is 99.6 Å². The SMILES string of the molecule is O=C(NN1C(=O)c2ccccc2NC1c1ccc(O)cc1)c1cccc([N+](=O)[O-])c1. The molecule has 0 spiro atoms. The molecular formula is C21H16N4O5. The summed E-state index contributed by atoms with van der Waals surface area (Å²) in [5.41, 5.74) is 3.95. The van der Waals surface area contributed by atoms with Crippen molar-refractivity contribution >= 4 is 23.2 Å². The van der Waals surface area contributed by atoms with E-state index < -0.39 is 22.9 Å². The van der Waals surface area contributed by atoms with Crippen LogP contribution in [0.5, 0.6) is 5.75 Å². The summed E-state index contributed by atoms with van der Waals surface area (Å²) < 4.78 is 0. The molecule has 9 heteroatoms. The van der Waals surface area contributed by atoms with Gasteiger partial charge in [0.1, 0.15) is 11.9 Å². The molecular weight excluding hydrogens is 388 g/mol. The fourth-order valence-electron chi connectivity index (χ4n) is 3.19. The number of phenols is 1. The van der Waals surface area contributed by atoms with Crippen molar-refractivity contribution in [2.75, 3.05) is 5.32 Å². The number of fused-ring (bicyclic) bond motifs is 1. The van der Waals surface area contributed by atoms with Gasteiger partial charge in [-0.25, -0.2) is 5.01 Å². The molecule has 1 atom stereocenters. The Kier molecular flexibility index (Phi) is 4.77. The molecule has 0 radical (unpaired) electrons. The third-order valence-electron chi connectivity index (χ3n) is 4.68. The number of hydrazine groups is 1. The quantitative estimate of drug-likeness (QED) is 0.453. The monoisotopic (exact) mass is 404 g/mol. The number of nitro groups is 1. The van der Waals surface area contributed by atoms with E-state index in [1.807, 2.05) is 0 Å². The lowest BCUT2D eigenvalue weighted by atomic mass is 10.0. The van der Waals surface area contributed by atoms with E-state index in [9.17, 15) is 24.8 Å². The van der Waals surface area contributed by atoms with Crippen molar-refractivity contribution in [2.45, 2.75) is 6.17 Å². The summed E-state index contributed by atoms with van der Waals surface area (Å²) in [6.07, 6.45) is -0.754.